The van der Waals surface area contributed by atoms with Gasteiger partial charge < -0.3 is 14.6 Å². The van der Waals surface area contributed by atoms with Crippen molar-refractivity contribution in [3.63, 3.8) is 0 Å². The number of anilines is 1. The van der Waals surface area contributed by atoms with E-state index in [4.69, 9.17) is 14.6 Å². The zero-order valence-electron chi connectivity index (χ0n) is 16.7. The number of nitrogens with zero attached hydrogens (tertiary/aromatic N) is 2. The van der Waals surface area contributed by atoms with E-state index in [0.717, 1.165) is 27.2 Å². The fourth-order valence-electron chi connectivity index (χ4n) is 3.22. The van der Waals surface area contributed by atoms with Crippen LogP contribution in [0, 0.1) is 0 Å². The molecule has 1 atom stereocenters. The second-order valence-electron chi connectivity index (χ2n) is 7.06. The number of carbonyl (C=O) groups is 1. The van der Waals surface area contributed by atoms with Crippen LogP contribution in [0.4, 0.5) is 5.69 Å². The molecule has 160 valence electrons. The SMILES string of the molecule is O=C(O)Cc1ccc(OCCCOc2ccc(Br)cc2N2N=C3C=CC=CC3N2)cc1. The molecule has 4 rings (SSSR count). The summed E-state index contributed by atoms with van der Waals surface area (Å²) < 4.78 is 12.7. The topological polar surface area (TPSA) is 83.4 Å². The van der Waals surface area contributed by atoms with E-state index in [0.29, 0.717) is 25.4 Å². The zero-order chi connectivity index (χ0) is 21.6. The minimum atomic E-state index is -0.847. The van der Waals surface area contributed by atoms with Crippen LogP contribution < -0.4 is 20.0 Å². The molecule has 2 N–H and O–H groups in total. The maximum absolute atomic E-state index is 10.7. The van der Waals surface area contributed by atoms with Gasteiger partial charge in [0.05, 0.1) is 31.4 Å². The second-order valence-corrected chi connectivity index (χ2v) is 7.98. The molecule has 0 saturated carbocycles. The third kappa shape index (κ3) is 5.53. The molecule has 31 heavy (non-hydrogen) atoms. The van der Waals surface area contributed by atoms with Crippen LogP contribution in [0.3, 0.4) is 0 Å². The van der Waals surface area contributed by atoms with Gasteiger partial charge in [-0.25, -0.2) is 0 Å². The average molecular weight is 484 g/mol. The molecule has 2 aromatic rings. The van der Waals surface area contributed by atoms with E-state index in [2.05, 4.69) is 32.5 Å². The van der Waals surface area contributed by atoms with Crippen molar-refractivity contribution in [2.45, 2.75) is 18.9 Å². The number of ether oxygens (including phenoxy) is 2. The molecule has 0 bridgehead atoms. The fourth-order valence-corrected chi connectivity index (χ4v) is 3.57. The first-order chi connectivity index (χ1) is 15.1. The molecule has 0 saturated heterocycles. The number of halogens is 1. The monoisotopic (exact) mass is 483 g/mol. The highest BCUT2D eigenvalue weighted by Gasteiger charge is 2.26. The molecule has 1 unspecified atom stereocenters. The fraction of sp³-hybridized carbons (Fsp3) is 0.217. The quantitative estimate of drug-likeness (QED) is 0.522. The van der Waals surface area contributed by atoms with Gasteiger partial charge in [-0.15, -0.1) is 0 Å². The van der Waals surface area contributed by atoms with Gasteiger partial charge in [-0.1, -0.05) is 46.3 Å². The van der Waals surface area contributed by atoms with E-state index in [1.165, 1.54) is 0 Å². The Bertz CT molecular complexity index is 1030. The predicted octanol–water partition coefficient (Wildman–Crippen LogP) is 4.10. The summed E-state index contributed by atoms with van der Waals surface area (Å²) in [6.45, 7) is 0.978. The van der Waals surface area contributed by atoms with Crippen LogP contribution in [0.5, 0.6) is 11.5 Å². The Morgan fingerprint density at radius 2 is 1.94 bits per heavy atom. The van der Waals surface area contributed by atoms with E-state index in [1.54, 1.807) is 29.4 Å². The molecule has 0 aromatic heterocycles. The number of carboxylic acid groups (broad SMARTS) is 1. The summed E-state index contributed by atoms with van der Waals surface area (Å²) in [5.74, 6) is 0.587. The maximum atomic E-state index is 10.7. The number of hydrazone groups is 1. The van der Waals surface area contributed by atoms with Crippen molar-refractivity contribution in [1.82, 2.24) is 5.43 Å². The van der Waals surface area contributed by atoms with Gasteiger partial charge in [0.2, 0.25) is 0 Å². The highest BCUT2D eigenvalue weighted by atomic mass is 79.9. The molecular formula is C23H22BrN3O4. The number of rotatable bonds is 9. The van der Waals surface area contributed by atoms with Gasteiger partial charge in [0, 0.05) is 10.9 Å². The summed E-state index contributed by atoms with van der Waals surface area (Å²) in [6, 6.07) is 13.0. The molecule has 0 radical (unpaired) electrons. The van der Waals surface area contributed by atoms with Crippen molar-refractivity contribution in [3.05, 3.63) is 76.8 Å². The van der Waals surface area contributed by atoms with E-state index < -0.39 is 5.97 Å². The first-order valence-electron chi connectivity index (χ1n) is 9.94. The number of allylic oxidation sites excluding steroid dienone is 2. The van der Waals surface area contributed by atoms with Crippen LogP contribution in [0.25, 0.3) is 0 Å². The summed E-state index contributed by atoms with van der Waals surface area (Å²) in [4.78, 5) is 10.7. The molecule has 2 aliphatic rings. The number of aliphatic carboxylic acids is 1. The molecule has 0 amide bonds. The number of hydrogen-bond acceptors (Lipinski definition) is 6. The number of nitrogens with one attached hydrogen (secondary N) is 1. The predicted molar refractivity (Wildman–Crippen MR) is 123 cm³/mol. The van der Waals surface area contributed by atoms with E-state index >= 15 is 0 Å². The first kappa shape index (κ1) is 21.1. The highest BCUT2D eigenvalue weighted by Crippen LogP contribution is 2.33. The van der Waals surface area contributed by atoms with E-state index in [-0.39, 0.29) is 12.5 Å². The van der Waals surface area contributed by atoms with Crippen LogP contribution in [-0.4, -0.2) is 36.0 Å². The number of hydrogen-bond donors (Lipinski definition) is 2. The zero-order valence-corrected chi connectivity index (χ0v) is 18.3. The van der Waals surface area contributed by atoms with E-state index in [9.17, 15) is 4.79 Å². The lowest BCUT2D eigenvalue weighted by Crippen LogP contribution is -2.37. The second kappa shape index (κ2) is 9.80. The van der Waals surface area contributed by atoms with E-state index in [1.807, 2.05) is 36.4 Å². The third-order valence-electron chi connectivity index (χ3n) is 4.72. The van der Waals surface area contributed by atoms with Crippen molar-refractivity contribution >= 4 is 33.3 Å². The summed E-state index contributed by atoms with van der Waals surface area (Å²) >= 11 is 3.52. The van der Waals surface area contributed by atoms with Crippen molar-refractivity contribution in [2.75, 3.05) is 18.3 Å². The van der Waals surface area contributed by atoms with Gasteiger partial charge in [-0.2, -0.15) is 15.6 Å². The lowest BCUT2D eigenvalue weighted by atomic mass is 10.1. The number of hydrazine groups is 1. The summed E-state index contributed by atoms with van der Waals surface area (Å²) in [5, 5.41) is 15.2. The summed E-state index contributed by atoms with van der Waals surface area (Å²) in [7, 11) is 0. The number of carboxylic acids is 1. The largest absolute Gasteiger partial charge is 0.493 e. The summed E-state index contributed by atoms with van der Waals surface area (Å²) in [6.07, 6.45) is 8.72. The Kier molecular flexibility index (Phi) is 6.69. The Hall–Kier alpha value is -3.10. The third-order valence-corrected chi connectivity index (χ3v) is 5.21. The van der Waals surface area contributed by atoms with Gasteiger partial charge in [-0.05, 0) is 42.0 Å². The van der Waals surface area contributed by atoms with Crippen molar-refractivity contribution in [1.29, 1.82) is 0 Å². The van der Waals surface area contributed by atoms with Crippen LogP contribution >= 0.6 is 15.9 Å². The minimum Gasteiger partial charge on any atom is -0.493 e. The molecule has 1 heterocycles. The van der Waals surface area contributed by atoms with Crippen LogP contribution in [0.15, 0.2) is 76.3 Å². The Balaban J connectivity index is 1.29. The highest BCUT2D eigenvalue weighted by molar-refractivity contribution is 9.10. The molecule has 1 aliphatic heterocycles. The van der Waals surface area contributed by atoms with Crippen LogP contribution in [0.2, 0.25) is 0 Å². The Morgan fingerprint density at radius 1 is 1.13 bits per heavy atom. The lowest BCUT2D eigenvalue weighted by Gasteiger charge is -2.20. The molecule has 1 aliphatic carbocycles. The van der Waals surface area contributed by atoms with Crippen molar-refractivity contribution < 1.29 is 19.4 Å². The number of fused-ring (bicyclic) bond motifs is 1. The van der Waals surface area contributed by atoms with Gasteiger partial charge >= 0.3 is 5.97 Å². The standard InChI is InChI=1S/C23H22BrN3O4/c24-17-8-11-22(21(15-17)27-25-19-4-1-2-5-20(19)26-27)31-13-3-12-30-18-9-6-16(7-10-18)14-23(28)29/h1-2,4-11,15,19,25H,3,12-14H2,(H,28,29). The van der Waals surface area contributed by atoms with Crippen LogP contribution in [0.1, 0.15) is 12.0 Å². The lowest BCUT2D eigenvalue weighted by molar-refractivity contribution is -0.136. The first-order valence-corrected chi connectivity index (χ1v) is 10.7. The normalized spacial score (nSPS) is 16.7. The molecule has 7 nitrogen and oxygen atoms in total. The molecule has 0 fully saturated rings. The maximum Gasteiger partial charge on any atom is 0.307 e. The van der Waals surface area contributed by atoms with Crippen LogP contribution in [-0.2, 0) is 11.2 Å². The van der Waals surface area contributed by atoms with Gasteiger partial charge in [-0.3, -0.25) is 4.79 Å². The Morgan fingerprint density at radius 3 is 2.71 bits per heavy atom. The minimum absolute atomic E-state index is 0.00831. The summed E-state index contributed by atoms with van der Waals surface area (Å²) in [5.41, 5.74) is 5.87. The molecule has 8 heteroatoms. The Labute approximate surface area is 188 Å². The molecule has 2 aromatic carbocycles. The molecule has 0 spiro atoms. The van der Waals surface area contributed by atoms with Gasteiger partial charge in [0.25, 0.3) is 0 Å². The van der Waals surface area contributed by atoms with Gasteiger partial charge in [0.1, 0.15) is 17.2 Å². The van der Waals surface area contributed by atoms with Crippen molar-refractivity contribution in [2.24, 2.45) is 5.10 Å². The average Bonchev–Trinajstić information content (AvgIpc) is 3.19. The number of benzene rings is 2. The molecular weight excluding hydrogens is 462 g/mol. The smallest absolute Gasteiger partial charge is 0.307 e. The van der Waals surface area contributed by atoms with Gasteiger partial charge in [0.15, 0.2) is 0 Å². The van der Waals surface area contributed by atoms with Crippen molar-refractivity contribution in [3.8, 4) is 11.5 Å².